The third kappa shape index (κ3) is 4.51. The molecule has 6 heteroatoms. The van der Waals surface area contributed by atoms with E-state index >= 15 is 0 Å². The third-order valence-electron chi connectivity index (χ3n) is 3.26. The second kappa shape index (κ2) is 7.49. The van der Waals surface area contributed by atoms with Crippen molar-refractivity contribution in [3.8, 4) is 0 Å². The molecule has 2 rings (SSSR count). The molecule has 1 aromatic carbocycles. The van der Waals surface area contributed by atoms with Crippen molar-refractivity contribution >= 4 is 11.7 Å². The molecule has 2 N–H and O–H groups in total. The van der Waals surface area contributed by atoms with Crippen LogP contribution < -0.4 is 10.6 Å². The second-order valence-electron chi connectivity index (χ2n) is 5.05. The van der Waals surface area contributed by atoms with E-state index in [0.29, 0.717) is 18.4 Å². The first-order valence-corrected chi connectivity index (χ1v) is 7.19. The third-order valence-corrected chi connectivity index (χ3v) is 3.26. The smallest absolute Gasteiger partial charge is 0.271 e. The van der Waals surface area contributed by atoms with E-state index in [0.717, 1.165) is 12.0 Å². The summed E-state index contributed by atoms with van der Waals surface area (Å²) in [6, 6.07) is 6.27. The molecule has 2 aromatic rings. The van der Waals surface area contributed by atoms with Crippen LogP contribution in [0.2, 0.25) is 0 Å². The lowest BCUT2D eigenvalue weighted by Crippen LogP contribution is -2.24. The van der Waals surface area contributed by atoms with Gasteiger partial charge >= 0.3 is 0 Å². The van der Waals surface area contributed by atoms with Crippen LogP contribution in [0.4, 0.5) is 10.2 Å². The van der Waals surface area contributed by atoms with Crippen molar-refractivity contribution in [3.63, 3.8) is 0 Å². The molecule has 0 bridgehead atoms. The van der Waals surface area contributed by atoms with Gasteiger partial charge in [-0.15, -0.1) is 0 Å². The summed E-state index contributed by atoms with van der Waals surface area (Å²) in [4.78, 5) is 20.2. The Kier molecular flexibility index (Phi) is 5.41. The highest BCUT2D eigenvalue weighted by molar-refractivity contribution is 5.91. The van der Waals surface area contributed by atoms with E-state index in [4.69, 9.17) is 0 Å². The first kappa shape index (κ1) is 15.9. The monoisotopic (exact) mass is 302 g/mol. The minimum Gasteiger partial charge on any atom is -0.366 e. The molecule has 1 aromatic heterocycles. The molecule has 0 saturated heterocycles. The predicted octanol–water partition coefficient (Wildman–Crippen LogP) is 2.76. The molecule has 0 saturated carbocycles. The minimum atomic E-state index is -0.313. The number of amides is 1. The highest BCUT2D eigenvalue weighted by Gasteiger charge is 2.08. The molecule has 22 heavy (non-hydrogen) atoms. The van der Waals surface area contributed by atoms with Gasteiger partial charge in [0.05, 0.1) is 12.4 Å². The number of nitrogens with zero attached hydrogens (tertiary/aromatic N) is 2. The van der Waals surface area contributed by atoms with Gasteiger partial charge in [-0.25, -0.2) is 14.4 Å². The zero-order valence-electron chi connectivity index (χ0n) is 12.6. The summed E-state index contributed by atoms with van der Waals surface area (Å²) in [7, 11) is 0. The first-order chi connectivity index (χ1) is 10.6. The number of rotatable bonds is 6. The fourth-order valence-electron chi connectivity index (χ4n) is 1.75. The molecule has 1 unspecified atom stereocenters. The SMILES string of the molecule is CCC(C)Nc1cnc(C(=O)NCc2ccc(F)cc2)cn1. The number of halogens is 1. The molecule has 0 aliphatic heterocycles. The van der Waals surface area contributed by atoms with Gasteiger partial charge in [0.1, 0.15) is 17.3 Å². The largest absolute Gasteiger partial charge is 0.366 e. The van der Waals surface area contributed by atoms with Crippen molar-refractivity contribution in [2.45, 2.75) is 32.9 Å². The standard InChI is InChI=1S/C16H19FN4O/c1-3-11(2)21-15-10-18-14(9-19-15)16(22)20-8-12-4-6-13(17)7-5-12/h4-7,9-11H,3,8H2,1-2H3,(H,19,21)(H,20,22). The van der Waals surface area contributed by atoms with Crippen molar-refractivity contribution < 1.29 is 9.18 Å². The Morgan fingerprint density at radius 3 is 2.55 bits per heavy atom. The molecule has 5 nitrogen and oxygen atoms in total. The zero-order valence-corrected chi connectivity index (χ0v) is 12.6. The van der Waals surface area contributed by atoms with Gasteiger partial charge in [-0.3, -0.25) is 4.79 Å². The van der Waals surface area contributed by atoms with Crippen LogP contribution in [0, 0.1) is 5.82 Å². The number of anilines is 1. The lowest BCUT2D eigenvalue weighted by Gasteiger charge is -2.11. The van der Waals surface area contributed by atoms with Crippen LogP contribution >= 0.6 is 0 Å². The molecule has 1 atom stereocenters. The molecule has 0 radical (unpaired) electrons. The Balaban J connectivity index is 1.90. The van der Waals surface area contributed by atoms with Gasteiger partial charge in [-0.1, -0.05) is 19.1 Å². The summed E-state index contributed by atoms with van der Waals surface area (Å²) in [5, 5.41) is 5.90. The molecule has 0 aliphatic rings. The lowest BCUT2D eigenvalue weighted by molar-refractivity contribution is 0.0945. The summed E-state index contributed by atoms with van der Waals surface area (Å²) in [5.41, 5.74) is 1.06. The average molecular weight is 302 g/mol. The van der Waals surface area contributed by atoms with Crippen LogP contribution in [0.1, 0.15) is 36.3 Å². The maximum absolute atomic E-state index is 12.8. The lowest BCUT2D eigenvalue weighted by atomic mass is 10.2. The Bertz CT molecular complexity index is 613. The highest BCUT2D eigenvalue weighted by atomic mass is 19.1. The average Bonchev–Trinajstić information content (AvgIpc) is 2.54. The summed E-state index contributed by atoms with van der Waals surface area (Å²) < 4.78 is 12.8. The zero-order chi connectivity index (χ0) is 15.9. The fraction of sp³-hybridized carbons (Fsp3) is 0.312. The maximum atomic E-state index is 12.8. The first-order valence-electron chi connectivity index (χ1n) is 7.19. The van der Waals surface area contributed by atoms with Crippen LogP contribution in [0.5, 0.6) is 0 Å². The Morgan fingerprint density at radius 2 is 1.95 bits per heavy atom. The van der Waals surface area contributed by atoms with Crippen molar-refractivity contribution in [3.05, 3.63) is 53.7 Å². The molecular weight excluding hydrogens is 283 g/mol. The van der Waals surface area contributed by atoms with E-state index in [1.54, 1.807) is 18.3 Å². The van der Waals surface area contributed by atoms with Crippen molar-refractivity contribution in [1.82, 2.24) is 15.3 Å². The summed E-state index contributed by atoms with van der Waals surface area (Å²) in [6.07, 6.45) is 3.95. The van der Waals surface area contributed by atoms with Crippen molar-refractivity contribution in [2.24, 2.45) is 0 Å². The Labute approximate surface area is 129 Å². The van der Waals surface area contributed by atoms with E-state index in [-0.39, 0.29) is 17.4 Å². The van der Waals surface area contributed by atoms with E-state index in [2.05, 4.69) is 27.5 Å². The van der Waals surface area contributed by atoms with Crippen LogP contribution in [0.25, 0.3) is 0 Å². The Hall–Kier alpha value is -2.50. The summed E-state index contributed by atoms with van der Waals surface area (Å²) in [5.74, 6) is 0.0293. The van der Waals surface area contributed by atoms with Crippen LogP contribution in [0.15, 0.2) is 36.7 Å². The van der Waals surface area contributed by atoms with Gasteiger partial charge in [-0.05, 0) is 31.0 Å². The number of carbonyl (C=O) groups excluding carboxylic acids is 1. The molecule has 1 amide bonds. The van der Waals surface area contributed by atoms with E-state index in [1.165, 1.54) is 18.3 Å². The molecule has 1 heterocycles. The van der Waals surface area contributed by atoms with E-state index in [1.807, 2.05) is 6.92 Å². The second-order valence-corrected chi connectivity index (χ2v) is 5.05. The molecule has 0 aliphatic carbocycles. The number of hydrogen-bond donors (Lipinski definition) is 2. The topological polar surface area (TPSA) is 66.9 Å². The van der Waals surface area contributed by atoms with Crippen LogP contribution in [-0.4, -0.2) is 21.9 Å². The van der Waals surface area contributed by atoms with Crippen LogP contribution in [-0.2, 0) is 6.54 Å². The fourth-order valence-corrected chi connectivity index (χ4v) is 1.75. The van der Waals surface area contributed by atoms with Crippen molar-refractivity contribution in [2.75, 3.05) is 5.32 Å². The minimum absolute atomic E-state index is 0.247. The molecule has 0 spiro atoms. The number of benzene rings is 1. The maximum Gasteiger partial charge on any atom is 0.271 e. The van der Waals surface area contributed by atoms with Gasteiger partial charge in [0.2, 0.25) is 0 Å². The predicted molar refractivity (Wildman–Crippen MR) is 83.0 cm³/mol. The van der Waals surface area contributed by atoms with Gasteiger partial charge in [0.25, 0.3) is 5.91 Å². The number of carbonyl (C=O) groups is 1. The van der Waals surface area contributed by atoms with Gasteiger partial charge in [0, 0.05) is 12.6 Å². The Morgan fingerprint density at radius 1 is 1.23 bits per heavy atom. The quantitative estimate of drug-likeness (QED) is 0.861. The number of aromatic nitrogens is 2. The summed E-state index contributed by atoms with van der Waals surface area (Å²) >= 11 is 0. The highest BCUT2D eigenvalue weighted by Crippen LogP contribution is 2.06. The van der Waals surface area contributed by atoms with Crippen LogP contribution in [0.3, 0.4) is 0 Å². The van der Waals surface area contributed by atoms with E-state index in [9.17, 15) is 9.18 Å². The summed E-state index contributed by atoms with van der Waals surface area (Å²) in [6.45, 7) is 4.43. The molecular formula is C16H19FN4O. The van der Waals surface area contributed by atoms with E-state index < -0.39 is 0 Å². The van der Waals surface area contributed by atoms with Gasteiger partial charge in [-0.2, -0.15) is 0 Å². The molecule has 0 fully saturated rings. The molecule has 116 valence electrons. The number of nitrogens with one attached hydrogen (secondary N) is 2. The van der Waals surface area contributed by atoms with Crippen molar-refractivity contribution in [1.29, 1.82) is 0 Å². The number of hydrogen-bond acceptors (Lipinski definition) is 4. The normalized spacial score (nSPS) is 11.8. The van der Waals surface area contributed by atoms with Gasteiger partial charge in [0.15, 0.2) is 0 Å². The van der Waals surface area contributed by atoms with Gasteiger partial charge < -0.3 is 10.6 Å².